The van der Waals surface area contributed by atoms with E-state index in [9.17, 15) is 5.26 Å². The number of aromatic nitrogens is 1. The lowest BCUT2D eigenvalue weighted by atomic mass is 9.82. The number of benzene rings is 2. The van der Waals surface area contributed by atoms with E-state index in [2.05, 4.69) is 18.0 Å². The zero-order valence-corrected chi connectivity index (χ0v) is 16.0. The van der Waals surface area contributed by atoms with Crippen molar-refractivity contribution in [2.45, 2.75) is 32.8 Å². The van der Waals surface area contributed by atoms with E-state index in [1.165, 1.54) is 0 Å². The van der Waals surface area contributed by atoms with E-state index in [-0.39, 0.29) is 0 Å². The number of nitrogen functional groups attached to an aromatic ring is 1. The molecule has 0 aliphatic heterocycles. The number of nitrogens with two attached hydrogens (primary N) is 1. The van der Waals surface area contributed by atoms with E-state index in [0.717, 1.165) is 53.0 Å². The highest BCUT2D eigenvalue weighted by Crippen LogP contribution is 2.38. The molecule has 4 heteroatoms. The molecule has 2 N–H and O–H groups in total. The molecular formula is C24H23N3O. The number of fused-ring (bicyclic) bond motifs is 1. The fourth-order valence-corrected chi connectivity index (χ4v) is 3.87. The summed E-state index contributed by atoms with van der Waals surface area (Å²) < 4.78 is 5.99. The molecule has 0 spiro atoms. The second-order valence-corrected chi connectivity index (χ2v) is 7.43. The summed E-state index contributed by atoms with van der Waals surface area (Å²) in [4.78, 5) is 4.53. The molecular weight excluding hydrogens is 346 g/mol. The number of hydrogen-bond donors (Lipinski definition) is 1. The third-order valence-corrected chi connectivity index (χ3v) is 5.32. The largest absolute Gasteiger partial charge is 0.489 e. The Morgan fingerprint density at radius 1 is 1.18 bits per heavy atom. The van der Waals surface area contributed by atoms with Crippen LogP contribution in [-0.2, 0) is 19.4 Å². The fourth-order valence-electron chi connectivity index (χ4n) is 3.87. The van der Waals surface area contributed by atoms with Crippen molar-refractivity contribution < 1.29 is 4.74 Å². The monoisotopic (exact) mass is 369 g/mol. The zero-order valence-electron chi connectivity index (χ0n) is 16.0. The Kier molecular flexibility index (Phi) is 4.99. The van der Waals surface area contributed by atoms with Crippen molar-refractivity contribution in [3.8, 4) is 22.9 Å². The van der Waals surface area contributed by atoms with Gasteiger partial charge in [0.25, 0.3) is 0 Å². The molecule has 3 aromatic rings. The second kappa shape index (κ2) is 7.74. The molecule has 4 rings (SSSR count). The van der Waals surface area contributed by atoms with Gasteiger partial charge < -0.3 is 10.5 Å². The van der Waals surface area contributed by atoms with Gasteiger partial charge in [-0.15, -0.1) is 0 Å². The number of nitriles is 1. The van der Waals surface area contributed by atoms with Gasteiger partial charge in [-0.1, -0.05) is 49.4 Å². The van der Waals surface area contributed by atoms with Crippen molar-refractivity contribution in [1.29, 1.82) is 5.26 Å². The van der Waals surface area contributed by atoms with Crippen molar-refractivity contribution in [3.63, 3.8) is 0 Å². The number of nitrogens with zero attached hydrogens (tertiary/aromatic N) is 2. The van der Waals surface area contributed by atoms with Gasteiger partial charge in [0, 0.05) is 11.3 Å². The van der Waals surface area contributed by atoms with Gasteiger partial charge in [-0.25, -0.2) is 4.98 Å². The Morgan fingerprint density at radius 3 is 2.79 bits per heavy atom. The van der Waals surface area contributed by atoms with Crippen molar-refractivity contribution in [3.05, 3.63) is 77.0 Å². The van der Waals surface area contributed by atoms with E-state index < -0.39 is 0 Å². The summed E-state index contributed by atoms with van der Waals surface area (Å²) in [7, 11) is 0. The standard InChI is InChI=1S/C24H23N3O/c1-16-10-11-22-20(12-16)23(21(14-25)24(26)27-22)18-8-5-9-19(13-18)28-15-17-6-3-2-4-7-17/h2-9,13,16H,10-12,15H2,1H3,(H2,26,27). The Bertz CT molecular complexity index is 1040. The maximum Gasteiger partial charge on any atom is 0.142 e. The lowest BCUT2D eigenvalue weighted by molar-refractivity contribution is 0.306. The summed E-state index contributed by atoms with van der Waals surface area (Å²) in [6, 6.07) is 20.3. The van der Waals surface area contributed by atoms with Crippen LogP contribution in [0.5, 0.6) is 5.75 Å². The van der Waals surface area contributed by atoms with Gasteiger partial charge in [0.1, 0.15) is 29.8 Å². The summed E-state index contributed by atoms with van der Waals surface area (Å²) in [5, 5.41) is 9.75. The first-order chi connectivity index (χ1) is 13.7. The smallest absolute Gasteiger partial charge is 0.142 e. The van der Waals surface area contributed by atoms with Gasteiger partial charge in [-0.3, -0.25) is 0 Å². The van der Waals surface area contributed by atoms with Crippen LogP contribution in [0.25, 0.3) is 11.1 Å². The average Bonchev–Trinajstić information content (AvgIpc) is 2.72. The van der Waals surface area contributed by atoms with Crippen LogP contribution in [0.1, 0.15) is 35.7 Å². The third kappa shape index (κ3) is 3.57. The average molecular weight is 369 g/mol. The number of pyridine rings is 1. The number of hydrogen-bond acceptors (Lipinski definition) is 4. The Hall–Kier alpha value is -3.32. The van der Waals surface area contributed by atoms with Crippen LogP contribution in [-0.4, -0.2) is 4.98 Å². The summed E-state index contributed by atoms with van der Waals surface area (Å²) in [6.45, 7) is 2.75. The van der Waals surface area contributed by atoms with Gasteiger partial charge in [0.15, 0.2) is 0 Å². The molecule has 1 unspecified atom stereocenters. The van der Waals surface area contributed by atoms with E-state index in [1.807, 2.05) is 54.6 Å². The van der Waals surface area contributed by atoms with E-state index >= 15 is 0 Å². The summed E-state index contributed by atoms with van der Waals surface area (Å²) in [5.41, 5.74) is 11.8. The van der Waals surface area contributed by atoms with Crippen molar-refractivity contribution in [1.82, 2.24) is 4.98 Å². The van der Waals surface area contributed by atoms with Gasteiger partial charge >= 0.3 is 0 Å². The normalized spacial score (nSPS) is 15.5. The highest BCUT2D eigenvalue weighted by molar-refractivity contribution is 5.80. The minimum absolute atomic E-state index is 0.321. The molecule has 0 bridgehead atoms. The molecule has 1 aliphatic rings. The molecule has 1 atom stereocenters. The quantitative estimate of drug-likeness (QED) is 0.709. The molecule has 140 valence electrons. The van der Waals surface area contributed by atoms with Crippen LogP contribution in [0.2, 0.25) is 0 Å². The minimum Gasteiger partial charge on any atom is -0.489 e. The first-order valence-corrected chi connectivity index (χ1v) is 9.64. The van der Waals surface area contributed by atoms with Crippen LogP contribution in [0, 0.1) is 17.2 Å². The first kappa shape index (κ1) is 18.1. The van der Waals surface area contributed by atoms with Gasteiger partial charge in [-0.2, -0.15) is 5.26 Å². The highest BCUT2D eigenvalue weighted by Gasteiger charge is 2.24. The lowest BCUT2D eigenvalue weighted by Gasteiger charge is -2.25. The lowest BCUT2D eigenvalue weighted by Crippen LogP contribution is -2.16. The number of aryl methyl sites for hydroxylation is 1. The molecule has 2 aromatic carbocycles. The summed E-state index contributed by atoms with van der Waals surface area (Å²) in [6.07, 6.45) is 2.93. The molecule has 0 saturated heterocycles. The molecule has 0 fully saturated rings. The van der Waals surface area contributed by atoms with Gasteiger partial charge in [0.05, 0.1) is 0 Å². The highest BCUT2D eigenvalue weighted by atomic mass is 16.5. The Morgan fingerprint density at radius 2 is 2.00 bits per heavy atom. The second-order valence-electron chi connectivity index (χ2n) is 7.43. The SMILES string of the molecule is CC1CCc2nc(N)c(C#N)c(-c3cccc(OCc4ccccc4)c3)c2C1. The van der Waals surface area contributed by atoms with Crippen molar-refractivity contribution in [2.24, 2.45) is 5.92 Å². The van der Waals surface area contributed by atoms with Crippen LogP contribution in [0.3, 0.4) is 0 Å². The van der Waals surface area contributed by atoms with Crippen LogP contribution in [0.4, 0.5) is 5.82 Å². The van der Waals surface area contributed by atoms with Crippen LogP contribution >= 0.6 is 0 Å². The molecule has 0 amide bonds. The number of rotatable bonds is 4. The number of ether oxygens (including phenoxy) is 1. The Balaban J connectivity index is 1.73. The maximum absolute atomic E-state index is 9.75. The summed E-state index contributed by atoms with van der Waals surface area (Å²) in [5.74, 6) is 1.67. The predicted octanol–water partition coefficient (Wildman–Crippen LogP) is 4.91. The van der Waals surface area contributed by atoms with Crippen LogP contribution < -0.4 is 10.5 Å². The Labute approximate surface area is 165 Å². The van der Waals surface area contributed by atoms with Crippen molar-refractivity contribution in [2.75, 3.05) is 5.73 Å². The van der Waals surface area contributed by atoms with Crippen molar-refractivity contribution >= 4 is 5.82 Å². The van der Waals surface area contributed by atoms with E-state index in [0.29, 0.717) is 23.9 Å². The molecule has 0 radical (unpaired) electrons. The molecule has 4 nitrogen and oxygen atoms in total. The van der Waals surface area contributed by atoms with E-state index in [4.69, 9.17) is 10.5 Å². The number of anilines is 1. The molecule has 1 aliphatic carbocycles. The first-order valence-electron chi connectivity index (χ1n) is 9.64. The summed E-state index contributed by atoms with van der Waals surface area (Å²) >= 11 is 0. The molecule has 1 aromatic heterocycles. The zero-order chi connectivity index (χ0) is 19.5. The molecule has 0 saturated carbocycles. The van der Waals surface area contributed by atoms with Gasteiger partial charge in [-0.05, 0) is 54.0 Å². The predicted molar refractivity (Wildman–Crippen MR) is 111 cm³/mol. The minimum atomic E-state index is 0.321. The fraction of sp³-hybridized carbons (Fsp3) is 0.250. The maximum atomic E-state index is 9.75. The molecule has 28 heavy (non-hydrogen) atoms. The van der Waals surface area contributed by atoms with E-state index in [1.54, 1.807) is 0 Å². The molecule has 1 heterocycles. The van der Waals surface area contributed by atoms with Gasteiger partial charge in [0.2, 0.25) is 0 Å². The topological polar surface area (TPSA) is 71.9 Å². The third-order valence-electron chi connectivity index (χ3n) is 5.32. The van der Waals surface area contributed by atoms with Crippen LogP contribution in [0.15, 0.2) is 54.6 Å².